The quantitative estimate of drug-likeness (QED) is 0.886. The summed E-state index contributed by atoms with van der Waals surface area (Å²) < 4.78 is 0. The highest BCUT2D eigenvalue weighted by Crippen LogP contribution is 2.21. The zero-order chi connectivity index (χ0) is 13.0. The highest BCUT2D eigenvalue weighted by molar-refractivity contribution is 5.67. The molecule has 1 saturated heterocycles. The van der Waals surface area contributed by atoms with Crippen molar-refractivity contribution in [2.45, 2.75) is 32.7 Å². The number of aryl methyl sites for hydroxylation is 1. The van der Waals surface area contributed by atoms with Gasteiger partial charge in [0.1, 0.15) is 0 Å². The molecule has 2 heterocycles. The van der Waals surface area contributed by atoms with Crippen molar-refractivity contribution < 1.29 is 9.90 Å². The molecular weight excluding hydrogens is 228 g/mol. The van der Waals surface area contributed by atoms with Gasteiger partial charge in [-0.15, -0.1) is 0 Å². The van der Waals surface area contributed by atoms with E-state index in [9.17, 15) is 4.79 Å². The molecule has 0 saturated carbocycles. The lowest BCUT2D eigenvalue weighted by atomic mass is 9.94. The first-order valence-corrected chi connectivity index (χ1v) is 6.48. The maximum Gasteiger partial charge on any atom is 0.303 e. The van der Waals surface area contributed by atoms with Crippen molar-refractivity contribution in [2.75, 3.05) is 13.1 Å². The molecule has 1 unspecified atom stereocenters. The van der Waals surface area contributed by atoms with Crippen molar-refractivity contribution in [3.8, 4) is 0 Å². The minimum Gasteiger partial charge on any atom is -0.481 e. The van der Waals surface area contributed by atoms with Gasteiger partial charge >= 0.3 is 5.97 Å². The molecule has 0 aromatic carbocycles. The van der Waals surface area contributed by atoms with Crippen LogP contribution in [0.15, 0.2) is 18.5 Å². The average molecular weight is 248 g/mol. The van der Waals surface area contributed by atoms with E-state index in [1.165, 1.54) is 11.1 Å². The van der Waals surface area contributed by atoms with Crippen LogP contribution in [0.5, 0.6) is 0 Å². The first-order chi connectivity index (χ1) is 8.63. The lowest BCUT2D eigenvalue weighted by molar-refractivity contribution is -0.138. The normalized spacial score (nSPS) is 20.8. The van der Waals surface area contributed by atoms with Gasteiger partial charge in [0.2, 0.25) is 0 Å². The highest BCUT2D eigenvalue weighted by atomic mass is 16.4. The Morgan fingerprint density at radius 1 is 1.56 bits per heavy atom. The first kappa shape index (κ1) is 13.0. The van der Waals surface area contributed by atoms with E-state index >= 15 is 0 Å². The summed E-state index contributed by atoms with van der Waals surface area (Å²) in [5.41, 5.74) is 2.39. The van der Waals surface area contributed by atoms with E-state index in [0.717, 1.165) is 32.5 Å². The van der Waals surface area contributed by atoms with E-state index in [2.05, 4.69) is 16.0 Å². The van der Waals surface area contributed by atoms with Gasteiger partial charge in [0.05, 0.1) is 0 Å². The number of piperidine rings is 1. The van der Waals surface area contributed by atoms with Crippen molar-refractivity contribution in [1.82, 2.24) is 9.88 Å². The summed E-state index contributed by atoms with van der Waals surface area (Å²) in [5, 5.41) is 8.85. The summed E-state index contributed by atoms with van der Waals surface area (Å²) in [7, 11) is 0. The Hall–Kier alpha value is -1.42. The first-order valence-electron chi connectivity index (χ1n) is 6.48. The number of hydrogen-bond acceptors (Lipinski definition) is 3. The van der Waals surface area contributed by atoms with Crippen LogP contribution in [0.4, 0.5) is 0 Å². The summed E-state index contributed by atoms with van der Waals surface area (Å²) in [6, 6.07) is 2.15. The third-order valence-corrected chi connectivity index (χ3v) is 3.40. The largest absolute Gasteiger partial charge is 0.481 e. The second-order valence-electron chi connectivity index (χ2n) is 5.21. The van der Waals surface area contributed by atoms with Gasteiger partial charge in [0.25, 0.3) is 0 Å². The van der Waals surface area contributed by atoms with Gasteiger partial charge in [-0.05, 0) is 43.4 Å². The molecule has 18 heavy (non-hydrogen) atoms. The standard InChI is InChI=1S/C14H20N2O2/c1-11-5-13(8-15-7-11)10-16-4-2-3-12(9-16)6-14(17)18/h5,7-8,12H,2-4,6,9-10H2,1H3,(H,17,18). The summed E-state index contributed by atoms with van der Waals surface area (Å²) in [6.07, 6.45) is 6.18. The van der Waals surface area contributed by atoms with Crippen molar-refractivity contribution in [3.05, 3.63) is 29.6 Å². The van der Waals surface area contributed by atoms with Crippen molar-refractivity contribution in [3.63, 3.8) is 0 Å². The third kappa shape index (κ3) is 3.81. The van der Waals surface area contributed by atoms with Crippen LogP contribution in [0.1, 0.15) is 30.4 Å². The van der Waals surface area contributed by atoms with Gasteiger partial charge in [-0.1, -0.05) is 6.07 Å². The van der Waals surface area contributed by atoms with Crippen LogP contribution in [0, 0.1) is 12.8 Å². The molecule has 0 bridgehead atoms. The Morgan fingerprint density at radius 3 is 3.11 bits per heavy atom. The van der Waals surface area contributed by atoms with E-state index in [1.54, 1.807) is 0 Å². The predicted octanol–water partition coefficient (Wildman–Crippen LogP) is 2.08. The molecule has 1 aliphatic rings. The van der Waals surface area contributed by atoms with E-state index in [0.29, 0.717) is 12.3 Å². The van der Waals surface area contributed by atoms with Gasteiger partial charge in [-0.3, -0.25) is 14.7 Å². The van der Waals surface area contributed by atoms with Crippen LogP contribution in [0.25, 0.3) is 0 Å². The molecule has 0 spiro atoms. The molecule has 0 amide bonds. The SMILES string of the molecule is Cc1cncc(CN2CCCC(CC(=O)O)C2)c1. The molecule has 98 valence electrons. The van der Waals surface area contributed by atoms with Gasteiger partial charge in [-0.2, -0.15) is 0 Å². The fourth-order valence-electron chi connectivity index (χ4n) is 2.67. The Labute approximate surface area is 108 Å². The molecule has 1 atom stereocenters. The van der Waals surface area contributed by atoms with Crippen molar-refractivity contribution in [2.24, 2.45) is 5.92 Å². The van der Waals surface area contributed by atoms with Gasteiger partial charge in [-0.25, -0.2) is 0 Å². The van der Waals surface area contributed by atoms with Crippen LogP contribution in [0.3, 0.4) is 0 Å². The van der Waals surface area contributed by atoms with Crippen LogP contribution in [-0.2, 0) is 11.3 Å². The van der Waals surface area contributed by atoms with Crippen molar-refractivity contribution in [1.29, 1.82) is 0 Å². The minimum absolute atomic E-state index is 0.294. The van der Waals surface area contributed by atoms with Gasteiger partial charge in [0.15, 0.2) is 0 Å². The summed E-state index contributed by atoms with van der Waals surface area (Å²) in [5.74, 6) is -0.381. The second-order valence-corrected chi connectivity index (χ2v) is 5.21. The molecule has 1 aromatic heterocycles. The van der Waals surface area contributed by atoms with Crippen LogP contribution in [0.2, 0.25) is 0 Å². The van der Waals surface area contributed by atoms with E-state index < -0.39 is 5.97 Å². The zero-order valence-electron chi connectivity index (χ0n) is 10.8. The molecule has 0 radical (unpaired) electrons. The molecule has 1 aliphatic heterocycles. The van der Waals surface area contributed by atoms with Crippen LogP contribution < -0.4 is 0 Å². The summed E-state index contributed by atoms with van der Waals surface area (Å²) >= 11 is 0. The topological polar surface area (TPSA) is 53.4 Å². The minimum atomic E-state index is -0.681. The lowest BCUT2D eigenvalue weighted by Crippen LogP contribution is -2.35. The average Bonchev–Trinajstić information content (AvgIpc) is 2.28. The maximum absolute atomic E-state index is 10.7. The highest BCUT2D eigenvalue weighted by Gasteiger charge is 2.21. The van der Waals surface area contributed by atoms with E-state index in [4.69, 9.17) is 5.11 Å². The number of pyridine rings is 1. The maximum atomic E-state index is 10.7. The number of carboxylic acid groups (broad SMARTS) is 1. The molecule has 4 nitrogen and oxygen atoms in total. The van der Waals surface area contributed by atoms with Crippen molar-refractivity contribution >= 4 is 5.97 Å². The number of aromatic nitrogens is 1. The zero-order valence-corrected chi connectivity index (χ0v) is 10.8. The molecule has 1 aromatic rings. The Kier molecular flexibility index (Phi) is 4.31. The number of nitrogens with zero attached hydrogens (tertiary/aromatic N) is 2. The molecular formula is C14H20N2O2. The molecule has 0 aliphatic carbocycles. The van der Waals surface area contributed by atoms with Crippen LogP contribution in [-0.4, -0.2) is 34.0 Å². The third-order valence-electron chi connectivity index (χ3n) is 3.40. The molecule has 2 rings (SSSR count). The number of aliphatic carboxylic acids is 1. The number of carboxylic acids is 1. The number of carbonyl (C=O) groups is 1. The smallest absolute Gasteiger partial charge is 0.303 e. The molecule has 1 N–H and O–H groups in total. The predicted molar refractivity (Wildman–Crippen MR) is 69.2 cm³/mol. The lowest BCUT2D eigenvalue weighted by Gasteiger charge is -2.32. The Bertz CT molecular complexity index is 420. The Balaban J connectivity index is 1.91. The monoisotopic (exact) mass is 248 g/mol. The van der Waals surface area contributed by atoms with E-state index in [1.807, 2.05) is 19.3 Å². The molecule has 1 fully saturated rings. The second kappa shape index (κ2) is 5.96. The fourth-order valence-corrected chi connectivity index (χ4v) is 2.67. The summed E-state index contributed by atoms with van der Waals surface area (Å²) in [6.45, 7) is 4.87. The molecule has 4 heteroatoms. The van der Waals surface area contributed by atoms with E-state index in [-0.39, 0.29) is 0 Å². The van der Waals surface area contributed by atoms with Gasteiger partial charge in [0, 0.05) is 31.9 Å². The van der Waals surface area contributed by atoms with Gasteiger partial charge < -0.3 is 5.11 Å². The number of rotatable bonds is 4. The number of hydrogen-bond donors (Lipinski definition) is 1. The fraction of sp³-hybridized carbons (Fsp3) is 0.571. The van der Waals surface area contributed by atoms with Crippen LogP contribution >= 0.6 is 0 Å². The number of likely N-dealkylation sites (tertiary alicyclic amines) is 1. The summed E-state index contributed by atoms with van der Waals surface area (Å²) in [4.78, 5) is 17.3. The Morgan fingerprint density at radius 2 is 2.39 bits per heavy atom.